The predicted molar refractivity (Wildman–Crippen MR) is 88.1 cm³/mol. The van der Waals surface area contributed by atoms with Gasteiger partial charge in [-0.25, -0.2) is 0 Å². The Balaban J connectivity index is 1.78. The molecule has 1 saturated carbocycles. The van der Waals surface area contributed by atoms with Crippen molar-refractivity contribution in [3.8, 4) is 0 Å². The first-order chi connectivity index (χ1) is 9.70. The summed E-state index contributed by atoms with van der Waals surface area (Å²) in [4.78, 5) is 2.63. The Morgan fingerprint density at radius 2 is 1.50 bits per heavy atom. The summed E-state index contributed by atoms with van der Waals surface area (Å²) in [6.07, 6.45) is 11.6. The Kier molecular flexibility index (Phi) is 6.83. The van der Waals surface area contributed by atoms with Crippen LogP contribution in [0.5, 0.6) is 0 Å². The zero-order valence-electron chi connectivity index (χ0n) is 14.0. The van der Waals surface area contributed by atoms with Crippen LogP contribution in [-0.2, 0) is 0 Å². The van der Waals surface area contributed by atoms with E-state index < -0.39 is 0 Å². The average Bonchev–Trinajstić information content (AvgIpc) is 2.76. The molecule has 2 rings (SSSR count). The summed E-state index contributed by atoms with van der Waals surface area (Å²) in [7, 11) is 0. The van der Waals surface area contributed by atoms with Gasteiger partial charge in [0, 0.05) is 18.6 Å². The van der Waals surface area contributed by atoms with Crippen LogP contribution in [-0.4, -0.2) is 36.6 Å². The highest BCUT2D eigenvalue weighted by Gasteiger charge is 2.26. The maximum Gasteiger partial charge on any atom is 0.00818 e. The molecule has 1 N–H and O–H groups in total. The van der Waals surface area contributed by atoms with Crippen molar-refractivity contribution in [2.24, 2.45) is 11.8 Å². The van der Waals surface area contributed by atoms with Gasteiger partial charge in [-0.15, -0.1) is 0 Å². The molecule has 2 fully saturated rings. The lowest BCUT2D eigenvalue weighted by atomic mass is 9.88. The van der Waals surface area contributed by atoms with E-state index in [0.717, 1.165) is 11.8 Å². The van der Waals surface area contributed by atoms with Gasteiger partial charge in [-0.3, -0.25) is 0 Å². The molecule has 1 aliphatic carbocycles. The molecule has 3 atom stereocenters. The van der Waals surface area contributed by atoms with Crippen molar-refractivity contribution < 1.29 is 0 Å². The quantitative estimate of drug-likeness (QED) is 0.764. The van der Waals surface area contributed by atoms with Crippen LogP contribution in [0.2, 0.25) is 0 Å². The number of nitrogens with zero attached hydrogens (tertiary/aromatic N) is 1. The van der Waals surface area contributed by atoms with Crippen molar-refractivity contribution in [2.75, 3.05) is 19.6 Å². The number of rotatable bonds is 5. The molecule has 0 radical (unpaired) electrons. The second kappa shape index (κ2) is 8.38. The highest BCUT2D eigenvalue weighted by molar-refractivity contribution is 4.84. The van der Waals surface area contributed by atoms with Crippen LogP contribution >= 0.6 is 0 Å². The summed E-state index contributed by atoms with van der Waals surface area (Å²) in [5.74, 6) is 1.78. The standard InChI is InChI=1S/C18H36N2/c1-4-20-13-9-12-18(14-20)16(3)19-15(2)17-10-7-5-6-8-11-17/h15-19H,4-14H2,1-3H3/t15-,16?,18?/m1/s1. The molecule has 1 heterocycles. The van der Waals surface area contributed by atoms with E-state index in [0.29, 0.717) is 12.1 Å². The molecule has 2 heteroatoms. The normalized spacial score (nSPS) is 29.9. The van der Waals surface area contributed by atoms with Gasteiger partial charge in [-0.1, -0.05) is 32.6 Å². The number of piperidine rings is 1. The van der Waals surface area contributed by atoms with Gasteiger partial charge in [0.1, 0.15) is 0 Å². The van der Waals surface area contributed by atoms with Gasteiger partial charge in [0.25, 0.3) is 0 Å². The second-order valence-electron chi connectivity index (χ2n) is 7.29. The molecular weight excluding hydrogens is 244 g/mol. The average molecular weight is 280 g/mol. The lowest BCUT2D eigenvalue weighted by Crippen LogP contribution is -2.48. The van der Waals surface area contributed by atoms with Crippen LogP contribution in [0.15, 0.2) is 0 Å². The molecule has 0 amide bonds. The first-order valence-corrected chi connectivity index (χ1v) is 9.19. The first-order valence-electron chi connectivity index (χ1n) is 9.19. The Morgan fingerprint density at radius 3 is 2.15 bits per heavy atom. The van der Waals surface area contributed by atoms with Crippen LogP contribution in [0, 0.1) is 11.8 Å². The fourth-order valence-electron chi connectivity index (χ4n) is 4.28. The van der Waals surface area contributed by atoms with Gasteiger partial charge in [0.15, 0.2) is 0 Å². The molecule has 0 bridgehead atoms. The molecule has 0 aromatic rings. The van der Waals surface area contributed by atoms with Gasteiger partial charge >= 0.3 is 0 Å². The molecule has 0 spiro atoms. The van der Waals surface area contributed by atoms with Crippen LogP contribution in [0.1, 0.15) is 72.1 Å². The zero-order valence-corrected chi connectivity index (χ0v) is 14.0. The minimum atomic E-state index is 0.683. The van der Waals surface area contributed by atoms with Crippen LogP contribution < -0.4 is 5.32 Å². The molecule has 0 aromatic heterocycles. The van der Waals surface area contributed by atoms with Gasteiger partial charge < -0.3 is 10.2 Å². The van der Waals surface area contributed by atoms with E-state index in [1.54, 1.807) is 0 Å². The third-order valence-electron chi connectivity index (χ3n) is 5.83. The van der Waals surface area contributed by atoms with E-state index in [4.69, 9.17) is 0 Å². The minimum absolute atomic E-state index is 0.683. The lowest BCUT2D eigenvalue weighted by Gasteiger charge is -2.37. The van der Waals surface area contributed by atoms with Gasteiger partial charge in [-0.05, 0) is 64.5 Å². The number of nitrogens with one attached hydrogen (secondary N) is 1. The lowest BCUT2D eigenvalue weighted by molar-refractivity contribution is 0.147. The van der Waals surface area contributed by atoms with Gasteiger partial charge in [0.2, 0.25) is 0 Å². The van der Waals surface area contributed by atoms with Crippen LogP contribution in [0.3, 0.4) is 0 Å². The summed E-state index contributed by atoms with van der Waals surface area (Å²) in [5, 5.41) is 3.97. The van der Waals surface area contributed by atoms with Crippen molar-refractivity contribution in [1.82, 2.24) is 10.2 Å². The monoisotopic (exact) mass is 280 g/mol. The van der Waals surface area contributed by atoms with E-state index in [1.165, 1.54) is 71.0 Å². The van der Waals surface area contributed by atoms with E-state index in [-0.39, 0.29) is 0 Å². The largest absolute Gasteiger partial charge is 0.311 e. The number of hydrogen-bond donors (Lipinski definition) is 1. The van der Waals surface area contributed by atoms with Crippen molar-refractivity contribution >= 4 is 0 Å². The van der Waals surface area contributed by atoms with E-state index in [1.807, 2.05) is 0 Å². The molecule has 1 saturated heterocycles. The Bertz CT molecular complexity index is 258. The summed E-state index contributed by atoms with van der Waals surface area (Å²) in [5.41, 5.74) is 0. The Morgan fingerprint density at radius 1 is 0.900 bits per heavy atom. The SMILES string of the molecule is CCN1CCCC(C(C)N[C@H](C)C2CCCCCC2)C1. The molecule has 2 aliphatic rings. The molecule has 0 aromatic carbocycles. The van der Waals surface area contributed by atoms with E-state index >= 15 is 0 Å². The van der Waals surface area contributed by atoms with Crippen LogP contribution in [0.25, 0.3) is 0 Å². The number of hydrogen-bond acceptors (Lipinski definition) is 2. The maximum atomic E-state index is 3.97. The van der Waals surface area contributed by atoms with Crippen molar-refractivity contribution in [3.63, 3.8) is 0 Å². The summed E-state index contributed by atoms with van der Waals surface area (Å²) in [6, 6.07) is 1.39. The molecule has 2 unspecified atom stereocenters. The molecule has 2 nitrogen and oxygen atoms in total. The molecule has 118 valence electrons. The van der Waals surface area contributed by atoms with Crippen molar-refractivity contribution in [3.05, 3.63) is 0 Å². The topological polar surface area (TPSA) is 15.3 Å². The molecule has 20 heavy (non-hydrogen) atoms. The highest BCUT2D eigenvalue weighted by Crippen LogP contribution is 2.27. The minimum Gasteiger partial charge on any atom is -0.311 e. The summed E-state index contributed by atoms with van der Waals surface area (Å²) in [6.45, 7) is 11.0. The second-order valence-corrected chi connectivity index (χ2v) is 7.29. The fourth-order valence-corrected chi connectivity index (χ4v) is 4.28. The Labute approximate surface area is 126 Å². The predicted octanol–water partition coefficient (Wildman–Crippen LogP) is 4.06. The van der Waals surface area contributed by atoms with Crippen LogP contribution in [0.4, 0.5) is 0 Å². The first kappa shape index (κ1) is 16.3. The van der Waals surface area contributed by atoms with E-state index in [9.17, 15) is 0 Å². The maximum absolute atomic E-state index is 3.97. The third kappa shape index (κ3) is 4.73. The number of likely N-dealkylation sites (tertiary alicyclic amines) is 1. The zero-order chi connectivity index (χ0) is 14.4. The van der Waals surface area contributed by atoms with Crippen molar-refractivity contribution in [2.45, 2.75) is 84.2 Å². The Hall–Kier alpha value is -0.0800. The summed E-state index contributed by atoms with van der Waals surface area (Å²) < 4.78 is 0. The summed E-state index contributed by atoms with van der Waals surface area (Å²) >= 11 is 0. The van der Waals surface area contributed by atoms with Gasteiger partial charge in [-0.2, -0.15) is 0 Å². The van der Waals surface area contributed by atoms with Crippen molar-refractivity contribution in [1.29, 1.82) is 0 Å². The highest BCUT2D eigenvalue weighted by atomic mass is 15.1. The van der Waals surface area contributed by atoms with Gasteiger partial charge in [0.05, 0.1) is 0 Å². The van der Waals surface area contributed by atoms with E-state index in [2.05, 4.69) is 31.0 Å². The molecular formula is C18H36N2. The molecule has 1 aliphatic heterocycles. The smallest absolute Gasteiger partial charge is 0.00818 e. The fraction of sp³-hybridized carbons (Fsp3) is 1.00. The third-order valence-corrected chi connectivity index (χ3v) is 5.83.